The predicted octanol–water partition coefficient (Wildman–Crippen LogP) is 10.4. The predicted molar refractivity (Wildman–Crippen MR) is 194 cm³/mol. The number of hydrogen-bond donors (Lipinski definition) is 0. The van der Waals surface area contributed by atoms with Crippen LogP contribution in [0.2, 0.25) is 0 Å². The molecule has 5 heteroatoms. The summed E-state index contributed by atoms with van der Waals surface area (Å²) in [6.07, 6.45) is 1.89. The molecule has 11 rings (SSSR count). The van der Waals surface area contributed by atoms with E-state index in [9.17, 15) is 0 Å². The van der Waals surface area contributed by atoms with Crippen LogP contribution in [-0.4, -0.2) is 23.5 Å². The lowest BCUT2D eigenvalue weighted by atomic mass is 10.0. The fourth-order valence-electron chi connectivity index (χ4n) is 7.97. The Morgan fingerprint density at radius 1 is 0.383 bits per heavy atom. The lowest BCUT2D eigenvalue weighted by Gasteiger charge is -2.14. The van der Waals surface area contributed by atoms with Crippen molar-refractivity contribution in [2.75, 3.05) is 0 Å². The normalized spacial score (nSPS) is 12.3. The van der Waals surface area contributed by atoms with Crippen molar-refractivity contribution in [2.45, 2.75) is 0 Å². The first-order valence-electron chi connectivity index (χ1n) is 15.9. The van der Waals surface area contributed by atoms with Crippen LogP contribution in [0.5, 0.6) is 0 Å². The maximum Gasteiger partial charge on any atom is 0.147 e. The Labute approximate surface area is 268 Å². The van der Waals surface area contributed by atoms with E-state index in [1.807, 2.05) is 12.3 Å². The minimum absolute atomic E-state index is 0.907. The van der Waals surface area contributed by atoms with Crippen molar-refractivity contribution in [1.29, 1.82) is 0 Å². The number of rotatable bonds is 2. The molecule has 0 radical (unpaired) electrons. The topological polar surface area (TPSA) is 40.1 Å². The zero-order valence-corrected chi connectivity index (χ0v) is 25.2. The number of pyridine rings is 2. The molecule has 0 aliphatic carbocycles. The van der Waals surface area contributed by atoms with Crippen molar-refractivity contribution in [1.82, 2.24) is 23.5 Å². The van der Waals surface area contributed by atoms with Crippen LogP contribution in [0, 0.1) is 0 Å². The third kappa shape index (κ3) is 3.17. The van der Waals surface area contributed by atoms with E-state index in [1.165, 1.54) is 38.1 Å². The van der Waals surface area contributed by atoms with E-state index >= 15 is 0 Å². The highest BCUT2D eigenvalue weighted by atomic mass is 15.1. The molecule has 0 N–H and O–H groups in total. The van der Waals surface area contributed by atoms with Crippen molar-refractivity contribution in [3.8, 4) is 11.4 Å². The van der Waals surface area contributed by atoms with Gasteiger partial charge in [0.15, 0.2) is 0 Å². The average molecular weight is 600 g/mol. The summed E-state index contributed by atoms with van der Waals surface area (Å²) >= 11 is 0. The molecule has 0 amide bonds. The van der Waals surface area contributed by atoms with Crippen LogP contribution < -0.4 is 0 Å². The van der Waals surface area contributed by atoms with Crippen LogP contribution in [0.4, 0.5) is 0 Å². The van der Waals surface area contributed by atoms with E-state index in [4.69, 9.17) is 9.97 Å². The summed E-state index contributed by atoms with van der Waals surface area (Å²) in [5, 5.41) is 8.25. The molecule has 47 heavy (non-hydrogen) atoms. The number of aromatic nitrogens is 5. The van der Waals surface area contributed by atoms with Crippen molar-refractivity contribution in [3.05, 3.63) is 152 Å². The fraction of sp³-hybridized carbons (Fsp3) is 0. The molecular weight excluding hydrogens is 574 g/mol. The molecule has 5 aromatic heterocycles. The second-order valence-electron chi connectivity index (χ2n) is 12.2. The Kier molecular flexibility index (Phi) is 4.78. The summed E-state index contributed by atoms with van der Waals surface area (Å²) < 4.78 is 7.14. The first-order valence-corrected chi connectivity index (χ1v) is 15.9. The Hall–Kier alpha value is -6.46. The highest BCUT2D eigenvalue weighted by Gasteiger charge is 2.24. The number of hydrogen-bond acceptors (Lipinski definition) is 2. The maximum absolute atomic E-state index is 5.20. The third-order valence-electron chi connectivity index (χ3n) is 9.82. The third-order valence-corrected chi connectivity index (χ3v) is 9.82. The SMILES string of the molecule is c1ccc(-n2c3ccccc3c3ccc4c5ccc6c(c7cccnc7n7c8ccccc8nc67)c5n(-c5ccccc5)c4c32)cc1. The molecule has 11 aromatic rings. The monoisotopic (exact) mass is 599 g/mol. The first-order chi connectivity index (χ1) is 23.4. The van der Waals surface area contributed by atoms with Gasteiger partial charge in [0.2, 0.25) is 0 Å². The summed E-state index contributed by atoms with van der Waals surface area (Å²) in [7, 11) is 0. The van der Waals surface area contributed by atoms with Gasteiger partial charge >= 0.3 is 0 Å². The van der Waals surface area contributed by atoms with E-state index in [-0.39, 0.29) is 0 Å². The molecule has 218 valence electrons. The van der Waals surface area contributed by atoms with Crippen molar-refractivity contribution >= 4 is 82.1 Å². The number of imidazole rings is 1. The van der Waals surface area contributed by atoms with Gasteiger partial charge in [-0.1, -0.05) is 84.9 Å². The Morgan fingerprint density at radius 3 is 1.72 bits per heavy atom. The van der Waals surface area contributed by atoms with Gasteiger partial charge in [-0.2, -0.15) is 0 Å². The van der Waals surface area contributed by atoms with Crippen LogP contribution in [0.25, 0.3) is 93.5 Å². The van der Waals surface area contributed by atoms with Gasteiger partial charge in [0.1, 0.15) is 11.3 Å². The zero-order chi connectivity index (χ0) is 30.6. The van der Waals surface area contributed by atoms with Gasteiger partial charge in [0.25, 0.3) is 0 Å². The van der Waals surface area contributed by atoms with Crippen LogP contribution in [0.3, 0.4) is 0 Å². The summed E-state index contributed by atoms with van der Waals surface area (Å²) in [5.41, 5.74) is 10.8. The molecule has 0 spiro atoms. The standard InChI is InChI=1S/C42H25N5/c1-3-12-26(13-4-1)45-35-19-9-7-16-28(35)29-21-22-31-30-23-24-33-37(38(30)46(40(31)39(29)45)27-14-5-2-6-15-27)32-17-11-25-43-41(32)47-36-20-10-8-18-34(36)44-42(33)47/h1-25H. The van der Waals surface area contributed by atoms with Gasteiger partial charge in [-0.15, -0.1) is 0 Å². The zero-order valence-electron chi connectivity index (χ0n) is 25.2. The molecule has 5 nitrogen and oxygen atoms in total. The van der Waals surface area contributed by atoms with Gasteiger partial charge in [-0.25, -0.2) is 9.97 Å². The van der Waals surface area contributed by atoms with Gasteiger partial charge in [0, 0.05) is 55.3 Å². The van der Waals surface area contributed by atoms with E-state index in [1.54, 1.807) is 0 Å². The quantitative estimate of drug-likeness (QED) is 0.186. The van der Waals surface area contributed by atoms with Crippen LogP contribution in [0.15, 0.2) is 152 Å². The van der Waals surface area contributed by atoms with Crippen molar-refractivity contribution in [2.24, 2.45) is 0 Å². The van der Waals surface area contributed by atoms with Crippen LogP contribution >= 0.6 is 0 Å². The highest BCUT2D eigenvalue weighted by molar-refractivity contribution is 6.31. The highest BCUT2D eigenvalue weighted by Crippen LogP contribution is 2.45. The Balaban J connectivity index is 1.46. The molecule has 0 aliphatic heterocycles. The van der Waals surface area contributed by atoms with Crippen molar-refractivity contribution in [3.63, 3.8) is 0 Å². The second-order valence-corrected chi connectivity index (χ2v) is 12.2. The van der Waals surface area contributed by atoms with Crippen LogP contribution in [0.1, 0.15) is 0 Å². The van der Waals surface area contributed by atoms with Gasteiger partial charge in [-0.05, 0) is 60.7 Å². The molecule has 0 saturated heterocycles. The number of nitrogens with zero attached hydrogens (tertiary/aromatic N) is 5. The number of benzene rings is 6. The smallest absolute Gasteiger partial charge is 0.147 e. The molecule has 0 saturated carbocycles. The molecule has 0 atom stereocenters. The summed E-state index contributed by atoms with van der Waals surface area (Å²) in [6, 6.07) is 52.0. The van der Waals surface area contributed by atoms with Crippen LogP contribution in [-0.2, 0) is 0 Å². The average Bonchev–Trinajstić information content (AvgIpc) is 3.80. The molecule has 0 aliphatic rings. The second kappa shape index (κ2) is 9.05. The summed E-state index contributed by atoms with van der Waals surface area (Å²) in [4.78, 5) is 10.2. The first kappa shape index (κ1) is 24.8. The fourth-order valence-corrected chi connectivity index (χ4v) is 7.97. The lowest BCUT2D eigenvalue weighted by Crippen LogP contribution is -2.00. The number of fused-ring (bicyclic) bond motifs is 16. The lowest BCUT2D eigenvalue weighted by molar-refractivity contribution is 1.15. The Morgan fingerprint density at radius 2 is 0.936 bits per heavy atom. The molecular formula is C42H25N5. The van der Waals surface area contributed by atoms with E-state index in [0.717, 1.165) is 55.4 Å². The molecule has 0 bridgehead atoms. The van der Waals surface area contributed by atoms with E-state index in [0.29, 0.717) is 0 Å². The summed E-state index contributed by atoms with van der Waals surface area (Å²) in [5.74, 6) is 0. The maximum atomic E-state index is 5.20. The van der Waals surface area contributed by atoms with Crippen molar-refractivity contribution < 1.29 is 0 Å². The molecule has 5 heterocycles. The van der Waals surface area contributed by atoms with E-state index < -0.39 is 0 Å². The molecule has 6 aromatic carbocycles. The summed E-state index contributed by atoms with van der Waals surface area (Å²) in [6.45, 7) is 0. The van der Waals surface area contributed by atoms with Gasteiger partial charge in [0.05, 0.1) is 33.1 Å². The number of para-hydroxylation sites is 5. The minimum atomic E-state index is 0.907. The molecule has 0 unspecified atom stereocenters. The Bertz CT molecular complexity index is 3060. The van der Waals surface area contributed by atoms with Gasteiger partial charge in [-0.3, -0.25) is 4.40 Å². The minimum Gasteiger partial charge on any atom is -0.307 e. The molecule has 0 fully saturated rings. The van der Waals surface area contributed by atoms with E-state index in [2.05, 4.69) is 153 Å². The largest absolute Gasteiger partial charge is 0.307 e. The van der Waals surface area contributed by atoms with Gasteiger partial charge < -0.3 is 9.13 Å².